The van der Waals surface area contributed by atoms with Crippen LogP contribution in [-0.4, -0.2) is 23.4 Å². The number of allylic oxidation sites excluding steroid dienone is 1. The van der Waals surface area contributed by atoms with Crippen molar-refractivity contribution in [3.05, 3.63) is 62.0 Å². The second-order valence-corrected chi connectivity index (χ2v) is 7.32. The summed E-state index contributed by atoms with van der Waals surface area (Å²) in [5, 5.41) is 4.25. The lowest BCUT2D eigenvalue weighted by Gasteiger charge is -2.26. The number of carbonyl (C=O) groups is 1. The van der Waals surface area contributed by atoms with Crippen LogP contribution >= 0.6 is 22.9 Å². The lowest BCUT2D eigenvalue weighted by atomic mass is 9.96. The van der Waals surface area contributed by atoms with Crippen molar-refractivity contribution in [1.82, 2.24) is 10.3 Å². The van der Waals surface area contributed by atoms with Gasteiger partial charge in [0.1, 0.15) is 17.7 Å². The Balaban J connectivity index is 2.12. The first-order valence-corrected chi connectivity index (χ1v) is 9.20. The highest BCUT2D eigenvalue weighted by molar-refractivity contribution is 7.13. The molecule has 2 aromatic rings. The Labute approximate surface area is 159 Å². The summed E-state index contributed by atoms with van der Waals surface area (Å²) >= 11 is 7.73. The number of aryl methyl sites for hydroxylation is 1. The van der Waals surface area contributed by atoms with Crippen molar-refractivity contribution < 1.29 is 13.9 Å². The summed E-state index contributed by atoms with van der Waals surface area (Å²) < 4.78 is 18.6. The Bertz CT molecular complexity index is 923. The van der Waals surface area contributed by atoms with E-state index in [1.165, 1.54) is 23.5 Å². The molecule has 1 aliphatic heterocycles. The van der Waals surface area contributed by atoms with Gasteiger partial charge in [0.2, 0.25) is 0 Å². The van der Waals surface area contributed by atoms with Gasteiger partial charge in [0.05, 0.1) is 22.1 Å². The molecule has 0 fully saturated rings. The lowest BCUT2D eigenvalue weighted by Crippen LogP contribution is -2.32. The molecule has 0 saturated heterocycles. The van der Waals surface area contributed by atoms with Crippen LogP contribution in [0.1, 0.15) is 35.3 Å². The monoisotopic (exact) mass is 393 g/mol. The normalized spacial score (nSPS) is 17.0. The minimum atomic E-state index is -0.694. The molecule has 5 nitrogen and oxygen atoms in total. The molecule has 0 amide bonds. The number of nitrogens with zero attached hydrogens (tertiary/aromatic N) is 2. The fourth-order valence-electron chi connectivity index (χ4n) is 2.69. The predicted molar refractivity (Wildman–Crippen MR) is 100 cm³/mol. The van der Waals surface area contributed by atoms with Gasteiger partial charge in [0.15, 0.2) is 0 Å². The number of hydrogen-bond acceptors (Lipinski definition) is 6. The molecule has 136 valence electrons. The zero-order valence-corrected chi connectivity index (χ0v) is 16.0. The van der Waals surface area contributed by atoms with Crippen LogP contribution in [0.4, 0.5) is 4.39 Å². The number of nitrogens with one attached hydrogen (secondary N) is 1. The van der Waals surface area contributed by atoms with Crippen molar-refractivity contribution in [2.24, 2.45) is 4.99 Å². The summed E-state index contributed by atoms with van der Waals surface area (Å²) in [5.41, 5.74) is 1.51. The van der Waals surface area contributed by atoms with Crippen molar-refractivity contribution in [2.45, 2.75) is 26.8 Å². The number of carbonyl (C=O) groups excluding carboxylic acids is 1. The van der Waals surface area contributed by atoms with Crippen LogP contribution < -0.4 is 5.32 Å². The third-order valence-electron chi connectivity index (χ3n) is 3.85. The molecule has 2 heterocycles. The summed E-state index contributed by atoms with van der Waals surface area (Å²) in [6.45, 7) is 5.65. The first-order chi connectivity index (χ1) is 12.4. The molecule has 0 bridgehead atoms. The Hall–Kier alpha value is -2.25. The van der Waals surface area contributed by atoms with Gasteiger partial charge in [-0.15, -0.1) is 11.3 Å². The van der Waals surface area contributed by atoms with Crippen LogP contribution in [0.3, 0.4) is 0 Å². The number of rotatable bonds is 4. The molecule has 1 aliphatic rings. The molecule has 0 aliphatic carbocycles. The third-order valence-corrected chi connectivity index (χ3v) is 5.10. The third kappa shape index (κ3) is 3.64. The summed E-state index contributed by atoms with van der Waals surface area (Å²) in [6, 6.07) is 3.36. The van der Waals surface area contributed by atoms with E-state index in [0.29, 0.717) is 22.7 Å². The van der Waals surface area contributed by atoms with E-state index in [-0.39, 0.29) is 11.6 Å². The molecule has 3 rings (SSSR count). The number of halogens is 2. The highest BCUT2D eigenvalue weighted by Crippen LogP contribution is 2.36. The van der Waals surface area contributed by atoms with Crippen molar-refractivity contribution in [3.63, 3.8) is 0 Å². The Morgan fingerprint density at radius 2 is 2.19 bits per heavy atom. The van der Waals surface area contributed by atoms with Crippen molar-refractivity contribution in [3.8, 4) is 0 Å². The Kier molecular flexibility index (Phi) is 5.38. The van der Waals surface area contributed by atoms with E-state index in [9.17, 15) is 9.18 Å². The van der Waals surface area contributed by atoms with Crippen LogP contribution in [0.15, 0.2) is 40.7 Å². The van der Waals surface area contributed by atoms with Crippen molar-refractivity contribution in [1.29, 1.82) is 0 Å². The van der Waals surface area contributed by atoms with Gasteiger partial charge in [-0.25, -0.2) is 14.2 Å². The fraction of sp³-hybridized carbons (Fsp3) is 0.278. The van der Waals surface area contributed by atoms with E-state index in [4.69, 9.17) is 16.3 Å². The minimum Gasteiger partial charge on any atom is -0.463 e. The van der Waals surface area contributed by atoms with Gasteiger partial charge >= 0.3 is 5.97 Å². The van der Waals surface area contributed by atoms with E-state index in [0.717, 1.165) is 9.88 Å². The van der Waals surface area contributed by atoms with Gasteiger partial charge in [0.25, 0.3) is 0 Å². The smallest absolute Gasteiger partial charge is 0.338 e. The molecular formula is C18H17ClFN3O2S. The topological polar surface area (TPSA) is 63.6 Å². The second kappa shape index (κ2) is 7.55. The molecule has 1 aromatic carbocycles. The maximum absolute atomic E-state index is 13.5. The molecule has 0 spiro atoms. The quantitative estimate of drug-likeness (QED) is 0.792. The zero-order valence-electron chi connectivity index (χ0n) is 14.5. The average molecular weight is 394 g/mol. The highest BCUT2D eigenvalue weighted by Gasteiger charge is 2.32. The average Bonchev–Trinajstić information content (AvgIpc) is 3.01. The first kappa shape index (κ1) is 18.5. The number of aromatic nitrogens is 1. The van der Waals surface area contributed by atoms with E-state index >= 15 is 0 Å². The highest BCUT2D eigenvalue weighted by atomic mass is 35.5. The van der Waals surface area contributed by atoms with Crippen LogP contribution in [-0.2, 0) is 9.53 Å². The van der Waals surface area contributed by atoms with Crippen LogP contribution in [0.25, 0.3) is 0 Å². The fourth-order valence-corrected chi connectivity index (χ4v) is 3.69. The maximum atomic E-state index is 13.5. The number of amidine groups is 1. The first-order valence-electron chi connectivity index (χ1n) is 8.01. The zero-order chi connectivity index (χ0) is 18.8. The van der Waals surface area contributed by atoms with Gasteiger partial charge in [-0.1, -0.05) is 17.7 Å². The molecule has 26 heavy (non-hydrogen) atoms. The molecule has 1 N–H and O–H groups in total. The van der Waals surface area contributed by atoms with Gasteiger partial charge in [-0.3, -0.25) is 4.99 Å². The summed E-state index contributed by atoms with van der Waals surface area (Å²) in [7, 11) is 0. The van der Waals surface area contributed by atoms with E-state index in [1.807, 2.05) is 6.92 Å². The largest absolute Gasteiger partial charge is 0.463 e. The molecule has 8 heteroatoms. The van der Waals surface area contributed by atoms with E-state index in [2.05, 4.69) is 15.3 Å². The number of esters is 1. The van der Waals surface area contributed by atoms with Gasteiger partial charge < -0.3 is 10.1 Å². The molecule has 1 aromatic heterocycles. The summed E-state index contributed by atoms with van der Waals surface area (Å²) in [4.78, 5) is 22.3. The van der Waals surface area contributed by atoms with E-state index in [1.54, 1.807) is 26.1 Å². The van der Waals surface area contributed by atoms with Gasteiger partial charge in [-0.2, -0.15) is 0 Å². The number of thiazole rings is 1. The van der Waals surface area contributed by atoms with Crippen molar-refractivity contribution in [2.75, 3.05) is 6.61 Å². The van der Waals surface area contributed by atoms with Gasteiger partial charge in [-0.05, 0) is 32.9 Å². The second-order valence-electron chi connectivity index (χ2n) is 5.67. The maximum Gasteiger partial charge on any atom is 0.338 e. The molecule has 1 atom stereocenters. The molecule has 0 saturated carbocycles. The molecule has 1 unspecified atom stereocenters. The van der Waals surface area contributed by atoms with E-state index < -0.39 is 17.8 Å². The van der Waals surface area contributed by atoms with Crippen LogP contribution in [0.5, 0.6) is 0 Å². The summed E-state index contributed by atoms with van der Waals surface area (Å²) in [6.07, 6.45) is 1.72. The summed E-state index contributed by atoms with van der Waals surface area (Å²) in [5.74, 6) is -0.342. The van der Waals surface area contributed by atoms with Crippen LogP contribution in [0, 0.1) is 12.7 Å². The molecular weight excluding hydrogens is 377 g/mol. The number of ether oxygens (including phenoxy) is 1. The van der Waals surface area contributed by atoms with Crippen molar-refractivity contribution >= 4 is 34.7 Å². The molecule has 0 radical (unpaired) electrons. The predicted octanol–water partition coefficient (Wildman–Crippen LogP) is 4.17. The Morgan fingerprint density at radius 3 is 2.81 bits per heavy atom. The standard InChI is InChI=1S/C18H17ClFN3O2S/c1-4-25-18(24)15-9(2)22-17(14-8-21-10(3)26-14)23-16(15)12-6-5-11(20)7-13(12)19/h5-8,16H,4H2,1-3H3,(H,22,23). The number of hydrogen-bond donors (Lipinski definition) is 1. The van der Waals surface area contributed by atoms with Crippen LogP contribution in [0.2, 0.25) is 5.02 Å². The van der Waals surface area contributed by atoms with Gasteiger partial charge in [0, 0.05) is 22.5 Å². The minimum absolute atomic E-state index is 0.204. The number of aliphatic imine (C=N–C) groups is 1. The Morgan fingerprint density at radius 1 is 1.42 bits per heavy atom. The SMILES string of the molecule is CCOC(=O)C1=C(C)NC(c2cnc(C)s2)=NC1c1ccc(F)cc1Cl. The lowest BCUT2D eigenvalue weighted by molar-refractivity contribution is -0.138. The number of benzene rings is 1.